The first-order chi connectivity index (χ1) is 19.1. The molecule has 0 saturated heterocycles. The highest BCUT2D eigenvalue weighted by Gasteiger charge is 2.33. The molecule has 0 aliphatic carbocycles. The minimum atomic E-state index is -4.13. The van der Waals surface area contributed by atoms with Crippen molar-refractivity contribution in [2.45, 2.75) is 57.6 Å². The van der Waals surface area contributed by atoms with E-state index in [1.54, 1.807) is 66.7 Å². The summed E-state index contributed by atoms with van der Waals surface area (Å²) < 4.78 is 34.3. The first kappa shape index (κ1) is 31.0. The molecule has 1 atom stereocenters. The fraction of sp³-hybridized carbons (Fsp3) is 0.333. The number of nitrogens with zero attached hydrogens (tertiary/aromatic N) is 2. The van der Waals surface area contributed by atoms with E-state index in [0.717, 1.165) is 9.87 Å². The van der Waals surface area contributed by atoms with Gasteiger partial charge in [-0.25, -0.2) is 8.42 Å². The fourth-order valence-electron chi connectivity index (χ4n) is 4.21. The summed E-state index contributed by atoms with van der Waals surface area (Å²) in [5.74, 6) is -0.247. The van der Waals surface area contributed by atoms with E-state index in [4.69, 9.17) is 16.3 Å². The van der Waals surface area contributed by atoms with Crippen LogP contribution < -0.4 is 14.4 Å². The van der Waals surface area contributed by atoms with Gasteiger partial charge in [0, 0.05) is 17.6 Å². The number of hydrogen-bond donors (Lipinski definition) is 1. The predicted molar refractivity (Wildman–Crippen MR) is 158 cm³/mol. The van der Waals surface area contributed by atoms with Crippen molar-refractivity contribution in [3.63, 3.8) is 0 Å². The average molecular weight is 586 g/mol. The van der Waals surface area contributed by atoms with E-state index in [1.807, 2.05) is 27.7 Å². The van der Waals surface area contributed by atoms with E-state index in [0.29, 0.717) is 29.5 Å². The van der Waals surface area contributed by atoms with Crippen LogP contribution in [0.25, 0.3) is 0 Å². The second-order valence-corrected chi connectivity index (χ2v) is 11.8. The summed E-state index contributed by atoms with van der Waals surface area (Å²) >= 11 is 6.06. The molecule has 0 unspecified atom stereocenters. The predicted octanol–water partition coefficient (Wildman–Crippen LogP) is 5.27. The summed E-state index contributed by atoms with van der Waals surface area (Å²) in [6.07, 6.45) is 0.340. The lowest BCUT2D eigenvalue weighted by atomic mass is 10.1. The van der Waals surface area contributed by atoms with Gasteiger partial charge in [0.25, 0.3) is 10.0 Å². The number of rotatable bonds is 13. The number of sulfonamides is 1. The number of nitrogens with one attached hydrogen (secondary N) is 1. The van der Waals surface area contributed by atoms with Crippen LogP contribution in [0.1, 0.15) is 39.7 Å². The Labute approximate surface area is 241 Å². The normalized spacial score (nSPS) is 12.1. The van der Waals surface area contributed by atoms with Crippen molar-refractivity contribution >= 4 is 39.1 Å². The lowest BCUT2D eigenvalue weighted by molar-refractivity contribution is -0.140. The van der Waals surface area contributed by atoms with Gasteiger partial charge in [-0.1, -0.05) is 48.9 Å². The number of hydrogen-bond acceptors (Lipinski definition) is 5. The summed E-state index contributed by atoms with van der Waals surface area (Å²) in [5, 5.41) is 3.43. The minimum Gasteiger partial charge on any atom is -0.494 e. The molecule has 0 aliphatic rings. The smallest absolute Gasteiger partial charge is 0.264 e. The first-order valence-corrected chi connectivity index (χ1v) is 15.0. The van der Waals surface area contributed by atoms with Crippen molar-refractivity contribution in [1.29, 1.82) is 0 Å². The molecule has 0 heterocycles. The quantitative estimate of drug-likeness (QED) is 0.295. The third-order valence-electron chi connectivity index (χ3n) is 6.13. The molecule has 0 saturated carbocycles. The van der Waals surface area contributed by atoms with E-state index >= 15 is 0 Å². The Balaban J connectivity index is 2.04. The topological polar surface area (TPSA) is 96.0 Å². The Kier molecular flexibility index (Phi) is 11.0. The first-order valence-electron chi connectivity index (χ1n) is 13.2. The van der Waals surface area contributed by atoms with Crippen LogP contribution in [0.4, 0.5) is 5.69 Å². The van der Waals surface area contributed by atoms with Crippen LogP contribution in [-0.2, 0) is 26.2 Å². The van der Waals surface area contributed by atoms with Crippen molar-refractivity contribution in [2.24, 2.45) is 0 Å². The highest BCUT2D eigenvalue weighted by atomic mass is 35.5. The molecule has 2 amide bonds. The molecule has 0 aliphatic heterocycles. The molecule has 3 aromatic rings. The van der Waals surface area contributed by atoms with Crippen LogP contribution in [0.2, 0.25) is 5.02 Å². The zero-order valence-electron chi connectivity index (χ0n) is 23.2. The van der Waals surface area contributed by atoms with E-state index in [2.05, 4.69) is 5.32 Å². The monoisotopic (exact) mass is 585 g/mol. The number of halogens is 1. The van der Waals surface area contributed by atoms with Crippen LogP contribution in [0, 0.1) is 0 Å². The van der Waals surface area contributed by atoms with Crippen molar-refractivity contribution in [1.82, 2.24) is 10.2 Å². The summed E-state index contributed by atoms with van der Waals surface area (Å²) in [6, 6.07) is 20.5. The second-order valence-electron chi connectivity index (χ2n) is 9.49. The molecule has 40 heavy (non-hydrogen) atoms. The Hall–Kier alpha value is -3.56. The molecular formula is C30H36ClN3O5S. The number of anilines is 1. The van der Waals surface area contributed by atoms with Crippen LogP contribution in [0.5, 0.6) is 5.75 Å². The number of carbonyl (C=O) groups is 2. The maximum absolute atomic E-state index is 14.0. The zero-order chi connectivity index (χ0) is 29.3. The summed E-state index contributed by atoms with van der Waals surface area (Å²) in [6.45, 7) is 7.41. The molecule has 0 aromatic heterocycles. The number of carbonyl (C=O) groups excluding carboxylic acids is 2. The van der Waals surface area contributed by atoms with Crippen LogP contribution in [0.3, 0.4) is 0 Å². The Bertz CT molecular complexity index is 1360. The van der Waals surface area contributed by atoms with Gasteiger partial charge in [-0.2, -0.15) is 0 Å². The Morgan fingerprint density at radius 2 is 1.55 bits per heavy atom. The van der Waals surface area contributed by atoms with Gasteiger partial charge in [-0.05, 0) is 81.3 Å². The van der Waals surface area contributed by atoms with Crippen molar-refractivity contribution in [3.8, 4) is 5.75 Å². The number of benzene rings is 3. The number of ether oxygens (including phenoxy) is 1. The molecule has 1 N–H and O–H groups in total. The minimum absolute atomic E-state index is 0.0468. The third-order valence-corrected chi connectivity index (χ3v) is 8.17. The maximum atomic E-state index is 14.0. The summed E-state index contributed by atoms with van der Waals surface area (Å²) in [4.78, 5) is 28.7. The lowest BCUT2D eigenvalue weighted by Gasteiger charge is -2.33. The average Bonchev–Trinajstić information content (AvgIpc) is 2.93. The van der Waals surface area contributed by atoms with E-state index in [9.17, 15) is 18.0 Å². The van der Waals surface area contributed by atoms with Gasteiger partial charge in [0.2, 0.25) is 11.8 Å². The fourth-order valence-corrected chi connectivity index (χ4v) is 5.77. The van der Waals surface area contributed by atoms with Gasteiger partial charge in [0.05, 0.1) is 17.2 Å². The zero-order valence-corrected chi connectivity index (χ0v) is 24.8. The SMILES string of the molecule is CCOc1ccc(N(CC(=O)N(Cc2ccc(Cl)cc2)[C@H](CC)C(=O)NC(C)C)S(=O)(=O)c2ccccc2)cc1. The lowest BCUT2D eigenvalue weighted by Crippen LogP contribution is -2.53. The highest BCUT2D eigenvalue weighted by molar-refractivity contribution is 7.92. The van der Waals surface area contributed by atoms with Gasteiger partial charge in [-0.3, -0.25) is 13.9 Å². The molecule has 10 heteroatoms. The highest BCUT2D eigenvalue weighted by Crippen LogP contribution is 2.27. The van der Waals surface area contributed by atoms with Gasteiger partial charge in [0.1, 0.15) is 18.3 Å². The Morgan fingerprint density at radius 3 is 2.10 bits per heavy atom. The van der Waals surface area contributed by atoms with Gasteiger partial charge < -0.3 is 15.0 Å². The molecular weight excluding hydrogens is 550 g/mol. The molecule has 214 valence electrons. The van der Waals surface area contributed by atoms with Crippen LogP contribution in [0.15, 0.2) is 83.8 Å². The molecule has 0 fully saturated rings. The van der Waals surface area contributed by atoms with Crippen molar-refractivity contribution < 1.29 is 22.7 Å². The van der Waals surface area contributed by atoms with Gasteiger partial charge in [-0.15, -0.1) is 0 Å². The molecule has 0 spiro atoms. The van der Waals surface area contributed by atoms with Gasteiger partial charge >= 0.3 is 0 Å². The van der Waals surface area contributed by atoms with Crippen molar-refractivity contribution in [2.75, 3.05) is 17.5 Å². The van der Waals surface area contributed by atoms with E-state index in [-0.39, 0.29) is 23.4 Å². The standard InChI is InChI=1S/C30H36ClN3O5S/c1-5-28(30(36)32-22(3)4)33(20-23-12-14-24(31)15-13-23)29(35)21-34(25-16-18-26(19-17-25)39-6-2)40(37,38)27-10-8-7-9-11-27/h7-19,22,28H,5-6,20-21H2,1-4H3,(H,32,36)/t28-/m1/s1. The van der Waals surface area contributed by atoms with Gasteiger partial charge in [0.15, 0.2) is 0 Å². The molecule has 3 rings (SSSR count). The summed E-state index contributed by atoms with van der Waals surface area (Å²) in [5.41, 5.74) is 1.05. The number of amides is 2. The van der Waals surface area contributed by atoms with Crippen molar-refractivity contribution in [3.05, 3.63) is 89.4 Å². The summed E-state index contributed by atoms with van der Waals surface area (Å²) in [7, 11) is -4.13. The van der Waals surface area contributed by atoms with Crippen LogP contribution in [-0.4, -0.2) is 50.4 Å². The maximum Gasteiger partial charge on any atom is 0.264 e. The largest absolute Gasteiger partial charge is 0.494 e. The third kappa shape index (κ3) is 7.99. The molecule has 8 nitrogen and oxygen atoms in total. The second kappa shape index (κ2) is 14.2. The molecule has 0 bridgehead atoms. The van der Waals surface area contributed by atoms with Crippen LogP contribution >= 0.6 is 11.6 Å². The molecule has 0 radical (unpaired) electrons. The molecule has 3 aromatic carbocycles. The van der Waals surface area contributed by atoms with E-state index in [1.165, 1.54) is 17.0 Å². The Morgan fingerprint density at radius 1 is 0.925 bits per heavy atom. The van der Waals surface area contributed by atoms with E-state index < -0.39 is 28.5 Å².